The van der Waals surface area contributed by atoms with E-state index in [1.54, 1.807) is 48.5 Å². The van der Waals surface area contributed by atoms with E-state index in [9.17, 15) is 18.0 Å². The lowest BCUT2D eigenvalue weighted by Gasteiger charge is -2.33. The number of aryl methyl sites for hydroxylation is 1. The molecule has 0 heterocycles. The van der Waals surface area contributed by atoms with Crippen LogP contribution < -0.4 is 9.62 Å². The third-order valence-electron chi connectivity index (χ3n) is 6.02. The molecule has 3 aromatic carbocycles. The SMILES string of the molecule is CCCNC(=O)[C@@H](CC)N(Cc1cccc(C)c1)C(=O)CN(c1ccccc1)S(=O)(=O)c1ccccc1. The Balaban J connectivity index is 2.01. The molecule has 196 valence electrons. The second kappa shape index (κ2) is 13.1. The van der Waals surface area contributed by atoms with Crippen LogP contribution in [0.2, 0.25) is 0 Å². The molecule has 8 heteroatoms. The number of sulfonamides is 1. The highest BCUT2D eigenvalue weighted by molar-refractivity contribution is 7.92. The maximum absolute atomic E-state index is 13.9. The maximum Gasteiger partial charge on any atom is 0.264 e. The number of amides is 2. The Labute approximate surface area is 220 Å². The molecule has 0 aliphatic rings. The van der Waals surface area contributed by atoms with E-state index in [0.717, 1.165) is 21.9 Å². The molecular formula is C29H35N3O4S. The minimum Gasteiger partial charge on any atom is -0.354 e. The van der Waals surface area contributed by atoms with Crippen molar-refractivity contribution in [1.29, 1.82) is 0 Å². The van der Waals surface area contributed by atoms with Crippen molar-refractivity contribution in [3.05, 3.63) is 96.1 Å². The first-order valence-electron chi connectivity index (χ1n) is 12.5. The van der Waals surface area contributed by atoms with Gasteiger partial charge in [0.1, 0.15) is 12.6 Å². The minimum atomic E-state index is -4.04. The summed E-state index contributed by atoms with van der Waals surface area (Å²) in [6.07, 6.45) is 1.16. The summed E-state index contributed by atoms with van der Waals surface area (Å²) in [7, 11) is -4.04. The van der Waals surface area contributed by atoms with Gasteiger partial charge in [0, 0.05) is 13.1 Å². The van der Waals surface area contributed by atoms with Crippen LogP contribution in [-0.2, 0) is 26.2 Å². The zero-order valence-electron chi connectivity index (χ0n) is 21.6. The van der Waals surface area contributed by atoms with Crippen LogP contribution in [0.3, 0.4) is 0 Å². The van der Waals surface area contributed by atoms with E-state index in [-0.39, 0.29) is 17.3 Å². The second-order valence-electron chi connectivity index (χ2n) is 8.89. The van der Waals surface area contributed by atoms with Crippen LogP contribution in [0.15, 0.2) is 89.8 Å². The molecule has 0 aromatic heterocycles. The van der Waals surface area contributed by atoms with Crippen molar-refractivity contribution in [1.82, 2.24) is 10.2 Å². The van der Waals surface area contributed by atoms with E-state index < -0.39 is 28.5 Å². The molecule has 0 aliphatic heterocycles. The van der Waals surface area contributed by atoms with Crippen molar-refractivity contribution in [3.63, 3.8) is 0 Å². The fourth-order valence-electron chi connectivity index (χ4n) is 4.14. The Morgan fingerprint density at radius 2 is 1.54 bits per heavy atom. The van der Waals surface area contributed by atoms with Crippen LogP contribution >= 0.6 is 0 Å². The summed E-state index contributed by atoms with van der Waals surface area (Å²) in [5.74, 6) is -0.703. The zero-order valence-corrected chi connectivity index (χ0v) is 22.4. The quantitative estimate of drug-likeness (QED) is 0.380. The van der Waals surface area contributed by atoms with Crippen molar-refractivity contribution in [3.8, 4) is 0 Å². The standard InChI is InChI=1S/C29H35N3O4S/c1-4-19-30-29(34)27(5-2)31(21-24-14-12-13-23(3)20-24)28(33)22-32(25-15-8-6-9-16-25)37(35,36)26-17-10-7-11-18-26/h6-18,20,27H,4-5,19,21-22H2,1-3H3,(H,30,34)/t27-/m1/s1. The lowest BCUT2D eigenvalue weighted by molar-refractivity contribution is -0.140. The van der Waals surface area contributed by atoms with Crippen molar-refractivity contribution in [2.75, 3.05) is 17.4 Å². The molecule has 0 fully saturated rings. The van der Waals surface area contributed by atoms with Crippen LogP contribution in [0, 0.1) is 6.92 Å². The molecule has 3 aromatic rings. The van der Waals surface area contributed by atoms with Crippen molar-refractivity contribution in [2.45, 2.75) is 51.1 Å². The van der Waals surface area contributed by atoms with Crippen molar-refractivity contribution in [2.24, 2.45) is 0 Å². The molecule has 1 atom stereocenters. The number of para-hydroxylation sites is 1. The Hall–Kier alpha value is -3.65. The van der Waals surface area contributed by atoms with Gasteiger partial charge in [0.25, 0.3) is 10.0 Å². The fourth-order valence-corrected chi connectivity index (χ4v) is 5.57. The van der Waals surface area contributed by atoms with E-state index >= 15 is 0 Å². The number of rotatable bonds is 12. The first-order chi connectivity index (χ1) is 17.8. The molecule has 0 saturated carbocycles. The van der Waals surface area contributed by atoms with Crippen LogP contribution in [0.1, 0.15) is 37.8 Å². The summed E-state index contributed by atoms with van der Waals surface area (Å²) >= 11 is 0. The molecular weight excluding hydrogens is 486 g/mol. The van der Waals surface area contributed by atoms with Gasteiger partial charge in [-0.1, -0.05) is 80.1 Å². The number of benzene rings is 3. The van der Waals surface area contributed by atoms with Gasteiger partial charge in [-0.25, -0.2) is 8.42 Å². The van der Waals surface area contributed by atoms with Gasteiger partial charge in [0.2, 0.25) is 11.8 Å². The lowest BCUT2D eigenvalue weighted by Crippen LogP contribution is -2.52. The van der Waals surface area contributed by atoms with E-state index in [0.29, 0.717) is 18.7 Å². The summed E-state index contributed by atoms with van der Waals surface area (Å²) in [6, 6.07) is 23.6. The van der Waals surface area contributed by atoms with Crippen molar-refractivity contribution >= 4 is 27.5 Å². The first-order valence-corrected chi connectivity index (χ1v) is 14.0. The van der Waals surface area contributed by atoms with E-state index in [4.69, 9.17) is 0 Å². The van der Waals surface area contributed by atoms with E-state index in [1.165, 1.54) is 17.0 Å². The number of nitrogens with zero attached hydrogens (tertiary/aromatic N) is 2. The molecule has 37 heavy (non-hydrogen) atoms. The van der Waals surface area contributed by atoms with Gasteiger partial charge in [0.05, 0.1) is 10.6 Å². The van der Waals surface area contributed by atoms with E-state index in [2.05, 4.69) is 5.32 Å². The van der Waals surface area contributed by atoms with Gasteiger partial charge in [-0.2, -0.15) is 0 Å². The van der Waals surface area contributed by atoms with Gasteiger partial charge < -0.3 is 10.2 Å². The summed E-state index contributed by atoms with van der Waals surface area (Å²) < 4.78 is 28.5. The third-order valence-corrected chi connectivity index (χ3v) is 7.81. The molecule has 0 aliphatic carbocycles. The average Bonchev–Trinajstić information content (AvgIpc) is 2.91. The molecule has 0 saturated heterocycles. The number of hydrogen-bond donors (Lipinski definition) is 1. The van der Waals surface area contributed by atoms with Gasteiger partial charge in [-0.05, 0) is 49.6 Å². The predicted octanol–water partition coefficient (Wildman–Crippen LogP) is 4.52. The lowest BCUT2D eigenvalue weighted by atomic mass is 10.1. The van der Waals surface area contributed by atoms with Crippen LogP contribution in [0.25, 0.3) is 0 Å². The number of hydrogen-bond acceptors (Lipinski definition) is 4. The molecule has 3 rings (SSSR count). The Bertz CT molecular complexity index is 1280. The third kappa shape index (κ3) is 7.20. The van der Waals surface area contributed by atoms with E-state index in [1.807, 2.05) is 45.0 Å². The molecule has 7 nitrogen and oxygen atoms in total. The molecule has 0 spiro atoms. The Kier molecular flexibility index (Phi) is 9.85. The minimum absolute atomic E-state index is 0.0876. The van der Waals surface area contributed by atoms with Gasteiger partial charge in [-0.15, -0.1) is 0 Å². The normalized spacial score (nSPS) is 12.0. The summed E-state index contributed by atoms with van der Waals surface area (Å²) in [5, 5.41) is 2.89. The highest BCUT2D eigenvalue weighted by atomic mass is 32.2. The van der Waals surface area contributed by atoms with Gasteiger partial charge in [0.15, 0.2) is 0 Å². The number of carbonyl (C=O) groups is 2. The maximum atomic E-state index is 13.9. The highest BCUT2D eigenvalue weighted by Gasteiger charge is 2.33. The van der Waals surface area contributed by atoms with Gasteiger partial charge in [-0.3, -0.25) is 13.9 Å². The Morgan fingerprint density at radius 1 is 0.892 bits per heavy atom. The zero-order chi connectivity index (χ0) is 26.8. The molecule has 2 amide bonds. The van der Waals surface area contributed by atoms with Crippen molar-refractivity contribution < 1.29 is 18.0 Å². The number of carbonyl (C=O) groups excluding carboxylic acids is 2. The monoisotopic (exact) mass is 521 g/mol. The van der Waals surface area contributed by atoms with Crippen LogP contribution in [0.5, 0.6) is 0 Å². The predicted molar refractivity (Wildman–Crippen MR) is 147 cm³/mol. The molecule has 0 bridgehead atoms. The summed E-state index contributed by atoms with van der Waals surface area (Å²) in [5.41, 5.74) is 2.27. The number of anilines is 1. The van der Waals surface area contributed by atoms with Crippen LogP contribution in [0.4, 0.5) is 5.69 Å². The molecule has 0 unspecified atom stereocenters. The Morgan fingerprint density at radius 3 is 2.14 bits per heavy atom. The number of nitrogens with one attached hydrogen (secondary N) is 1. The fraction of sp³-hybridized carbons (Fsp3) is 0.310. The topological polar surface area (TPSA) is 86.8 Å². The first kappa shape index (κ1) is 27.9. The molecule has 1 N–H and O–H groups in total. The summed E-state index contributed by atoms with van der Waals surface area (Å²) in [6.45, 7) is 6.02. The summed E-state index contributed by atoms with van der Waals surface area (Å²) in [4.78, 5) is 28.6. The highest BCUT2D eigenvalue weighted by Crippen LogP contribution is 2.24. The largest absolute Gasteiger partial charge is 0.354 e. The second-order valence-corrected chi connectivity index (χ2v) is 10.7. The van der Waals surface area contributed by atoms with Crippen LogP contribution in [-0.4, -0.2) is 44.3 Å². The smallest absolute Gasteiger partial charge is 0.264 e. The van der Waals surface area contributed by atoms with Gasteiger partial charge >= 0.3 is 0 Å². The molecule has 0 radical (unpaired) electrons. The average molecular weight is 522 g/mol.